The minimum atomic E-state index is -0.263. The highest BCUT2D eigenvalue weighted by Crippen LogP contribution is 2.20. The Hall–Kier alpha value is -0.800. The van der Waals surface area contributed by atoms with Crippen LogP contribution in [0.4, 0.5) is 0 Å². The summed E-state index contributed by atoms with van der Waals surface area (Å²) < 4.78 is 5.47. The van der Waals surface area contributed by atoms with Crippen molar-refractivity contribution >= 4 is 0 Å². The first-order valence-corrected chi connectivity index (χ1v) is 5.53. The van der Waals surface area contributed by atoms with Crippen LogP contribution in [-0.2, 0) is 0 Å². The third-order valence-electron chi connectivity index (χ3n) is 2.68. The molecule has 0 aliphatic heterocycles. The number of rotatable bonds is 5. The molecular weight excluding hydrogens is 190 g/mol. The second kappa shape index (κ2) is 5.33. The monoisotopic (exact) mass is 211 g/mol. The van der Waals surface area contributed by atoms with Crippen molar-refractivity contribution in [3.63, 3.8) is 0 Å². The van der Waals surface area contributed by atoms with Gasteiger partial charge in [0.1, 0.15) is 11.5 Å². The zero-order valence-electron chi connectivity index (χ0n) is 10.0. The SMILES string of the molecule is CC[C@@H](O)CN[C@H](C)c1cc(C)oc1C. The van der Waals surface area contributed by atoms with Crippen molar-refractivity contribution in [2.24, 2.45) is 0 Å². The van der Waals surface area contributed by atoms with Crippen LogP contribution in [0, 0.1) is 13.8 Å². The topological polar surface area (TPSA) is 45.4 Å². The Bertz CT molecular complexity index is 307. The minimum Gasteiger partial charge on any atom is -0.466 e. The molecule has 15 heavy (non-hydrogen) atoms. The summed E-state index contributed by atoms with van der Waals surface area (Å²) >= 11 is 0. The average Bonchev–Trinajstić information content (AvgIpc) is 2.53. The van der Waals surface area contributed by atoms with Gasteiger partial charge in [0.2, 0.25) is 0 Å². The van der Waals surface area contributed by atoms with Gasteiger partial charge in [-0.25, -0.2) is 0 Å². The average molecular weight is 211 g/mol. The Kier molecular flexibility index (Phi) is 4.36. The molecule has 0 amide bonds. The first-order valence-electron chi connectivity index (χ1n) is 5.53. The molecule has 0 saturated heterocycles. The first-order chi connectivity index (χ1) is 7.04. The van der Waals surface area contributed by atoms with Crippen molar-refractivity contribution in [3.05, 3.63) is 23.2 Å². The summed E-state index contributed by atoms with van der Waals surface area (Å²) in [6.07, 6.45) is 0.518. The summed E-state index contributed by atoms with van der Waals surface area (Å²) in [6, 6.07) is 2.27. The van der Waals surface area contributed by atoms with Gasteiger partial charge in [0, 0.05) is 18.2 Å². The molecule has 1 aromatic rings. The number of nitrogens with one attached hydrogen (secondary N) is 1. The Morgan fingerprint density at radius 3 is 2.60 bits per heavy atom. The molecule has 0 aromatic carbocycles. The number of hydrogen-bond acceptors (Lipinski definition) is 3. The van der Waals surface area contributed by atoms with Gasteiger partial charge >= 0.3 is 0 Å². The van der Waals surface area contributed by atoms with Gasteiger partial charge in [0.05, 0.1) is 6.10 Å². The third kappa shape index (κ3) is 3.36. The molecule has 86 valence electrons. The van der Waals surface area contributed by atoms with Gasteiger partial charge in [-0.3, -0.25) is 0 Å². The van der Waals surface area contributed by atoms with Gasteiger partial charge in [0.15, 0.2) is 0 Å². The molecule has 3 nitrogen and oxygen atoms in total. The number of aryl methyl sites for hydroxylation is 2. The molecule has 1 heterocycles. The second-order valence-corrected chi connectivity index (χ2v) is 4.06. The molecule has 0 aliphatic carbocycles. The predicted molar refractivity (Wildman–Crippen MR) is 60.9 cm³/mol. The Labute approximate surface area is 91.5 Å². The maximum absolute atomic E-state index is 9.44. The highest BCUT2D eigenvalue weighted by molar-refractivity contribution is 5.23. The largest absolute Gasteiger partial charge is 0.466 e. The molecule has 0 unspecified atom stereocenters. The standard InChI is InChI=1S/C12H21NO2/c1-5-11(14)7-13-9(3)12-6-8(2)15-10(12)4/h6,9,11,13-14H,5,7H2,1-4H3/t9-,11-/m1/s1. The van der Waals surface area contributed by atoms with Crippen molar-refractivity contribution in [2.45, 2.75) is 46.3 Å². The van der Waals surface area contributed by atoms with Gasteiger partial charge in [-0.2, -0.15) is 0 Å². The predicted octanol–water partition coefficient (Wildman–Crippen LogP) is 2.32. The van der Waals surface area contributed by atoms with Crippen molar-refractivity contribution in [3.8, 4) is 0 Å². The number of hydrogen-bond donors (Lipinski definition) is 2. The zero-order valence-corrected chi connectivity index (χ0v) is 10.0. The van der Waals surface area contributed by atoms with Gasteiger partial charge in [0.25, 0.3) is 0 Å². The minimum absolute atomic E-state index is 0.226. The quantitative estimate of drug-likeness (QED) is 0.785. The van der Waals surface area contributed by atoms with Crippen LogP contribution in [-0.4, -0.2) is 17.8 Å². The highest BCUT2D eigenvalue weighted by atomic mass is 16.3. The molecule has 1 aromatic heterocycles. The van der Waals surface area contributed by atoms with Crippen LogP contribution in [0.1, 0.15) is 43.4 Å². The first kappa shape index (κ1) is 12.3. The normalized spacial score (nSPS) is 15.3. The summed E-state index contributed by atoms with van der Waals surface area (Å²) in [5.41, 5.74) is 1.18. The van der Waals surface area contributed by atoms with E-state index < -0.39 is 0 Å². The summed E-state index contributed by atoms with van der Waals surface area (Å²) in [5, 5.41) is 12.7. The van der Waals surface area contributed by atoms with Crippen LogP contribution >= 0.6 is 0 Å². The van der Waals surface area contributed by atoms with E-state index in [0.717, 1.165) is 17.9 Å². The molecule has 0 saturated carbocycles. The fourth-order valence-electron chi connectivity index (χ4n) is 1.65. The number of aliphatic hydroxyl groups is 1. The Balaban J connectivity index is 2.53. The lowest BCUT2D eigenvalue weighted by Crippen LogP contribution is -2.28. The van der Waals surface area contributed by atoms with Crippen molar-refractivity contribution < 1.29 is 9.52 Å². The van der Waals surface area contributed by atoms with Gasteiger partial charge in [-0.15, -0.1) is 0 Å². The maximum Gasteiger partial charge on any atom is 0.105 e. The van der Waals surface area contributed by atoms with Crippen molar-refractivity contribution in [1.29, 1.82) is 0 Å². The van der Waals surface area contributed by atoms with Gasteiger partial charge in [-0.1, -0.05) is 6.92 Å². The lowest BCUT2D eigenvalue weighted by atomic mass is 10.1. The Morgan fingerprint density at radius 2 is 2.13 bits per heavy atom. The zero-order chi connectivity index (χ0) is 11.4. The van der Waals surface area contributed by atoms with E-state index in [0.29, 0.717) is 6.54 Å². The number of furan rings is 1. The lowest BCUT2D eigenvalue weighted by molar-refractivity contribution is 0.163. The molecule has 1 rings (SSSR count). The van der Waals surface area contributed by atoms with E-state index in [2.05, 4.69) is 12.2 Å². The molecule has 0 spiro atoms. The van der Waals surface area contributed by atoms with Crippen LogP contribution < -0.4 is 5.32 Å². The fourth-order valence-corrected chi connectivity index (χ4v) is 1.65. The molecule has 2 N–H and O–H groups in total. The van der Waals surface area contributed by atoms with E-state index in [1.54, 1.807) is 0 Å². The van der Waals surface area contributed by atoms with Crippen LogP contribution in [0.3, 0.4) is 0 Å². The van der Waals surface area contributed by atoms with Crippen LogP contribution in [0.15, 0.2) is 10.5 Å². The smallest absolute Gasteiger partial charge is 0.105 e. The van der Waals surface area contributed by atoms with Crippen molar-refractivity contribution in [2.75, 3.05) is 6.54 Å². The summed E-state index contributed by atoms with van der Waals surface area (Å²) in [7, 11) is 0. The van der Waals surface area contributed by atoms with Crippen LogP contribution in [0.2, 0.25) is 0 Å². The van der Waals surface area contributed by atoms with Crippen LogP contribution in [0.5, 0.6) is 0 Å². The molecule has 2 atom stereocenters. The van der Waals surface area contributed by atoms with E-state index in [-0.39, 0.29) is 12.1 Å². The molecule has 0 radical (unpaired) electrons. The Morgan fingerprint density at radius 1 is 1.47 bits per heavy atom. The van der Waals surface area contributed by atoms with Gasteiger partial charge in [-0.05, 0) is 33.3 Å². The molecule has 0 bridgehead atoms. The second-order valence-electron chi connectivity index (χ2n) is 4.06. The van der Waals surface area contributed by atoms with E-state index in [4.69, 9.17) is 4.42 Å². The highest BCUT2D eigenvalue weighted by Gasteiger charge is 2.12. The molecule has 0 fully saturated rings. The summed E-state index contributed by atoms with van der Waals surface area (Å²) in [6.45, 7) is 8.60. The van der Waals surface area contributed by atoms with E-state index in [1.807, 2.05) is 26.8 Å². The number of aliphatic hydroxyl groups excluding tert-OH is 1. The van der Waals surface area contributed by atoms with Crippen LogP contribution in [0.25, 0.3) is 0 Å². The summed E-state index contributed by atoms with van der Waals surface area (Å²) in [4.78, 5) is 0. The van der Waals surface area contributed by atoms with E-state index in [9.17, 15) is 5.11 Å². The fraction of sp³-hybridized carbons (Fsp3) is 0.667. The lowest BCUT2D eigenvalue weighted by Gasteiger charge is -2.15. The molecule has 0 aliphatic rings. The van der Waals surface area contributed by atoms with E-state index >= 15 is 0 Å². The third-order valence-corrected chi connectivity index (χ3v) is 2.68. The molecular formula is C12H21NO2. The molecule has 3 heteroatoms. The van der Waals surface area contributed by atoms with Gasteiger partial charge < -0.3 is 14.8 Å². The van der Waals surface area contributed by atoms with Crippen molar-refractivity contribution in [1.82, 2.24) is 5.32 Å². The van der Waals surface area contributed by atoms with E-state index in [1.165, 1.54) is 5.56 Å². The summed E-state index contributed by atoms with van der Waals surface area (Å²) in [5.74, 6) is 1.89. The maximum atomic E-state index is 9.44.